The van der Waals surface area contributed by atoms with Gasteiger partial charge in [0, 0.05) is 18.9 Å². The zero-order valence-electron chi connectivity index (χ0n) is 22.8. The molecule has 2 saturated heterocycles. The summed E-state index contributed by atoms with van der Waals surface area (Å²) < 4.78 is 7.93. The molecule has 2 N–H and O–H groups in total. The van der Waals surface area contributed by atoms with E-state index in [-0.39, 0.29) is 30.3 Å². The van der Waals surface area contributed by atoms with Crippen molar-refractivity contribution in [1.29, 1.82) is 0 Å². The van der Waals surface area contributed by atoms with Gasteiger partial charge in [0.25, 0.3) is 11.8 Å². The molecular weight excluding hydrogens is 504 g/mol. The van der Waals surface area contributed by atoms with E-state index in [9.17, 15) is 14.4 Å². The van der Waals surface area contributed by atoms with Gasteiger partial charge in [-0.3, -0.25) is 25.3 Å². The van der Waals surface area contributed by atoms with E-state index in [0.29, 0.717) is 31.8 Å². The minimum absolute atomic E-state index is 0.0209. The van der Waals surface area contributed by atoms with E-state index in [1.54, 1.807) is 17.0 Å². The van der Waals surface area contributed by atoms with Crippen LogP contribution < -0.4 is 10.9 Å². The normalized spacial score (nSPS) is 19.6. The third-order valence-corrected chi connectivity index (χ3v) is 12.1. The highest BCUT2D eigenvalue weighted by atomic mass is 28.4. The van der Waals surface area contributed by atoms with Gasteiger partial charge in [-0.2, -0.15) is 5.06 Å². The largest absolute Gasteiger partial charge is 0.409 e. The second-order valence-corrected chi connectivity index (χ2v) is 16.1. The number of hydrogen-bond acceptors (Lipinski definition) is 6. The Labute approximate surface area is 224 Å². The highest BCUT2D eigenvalue weighted by Gasteiger charge is 2.48. The molecule has 4 rings (SSSR count). The summed E-state index contributed by atoms with van der Waals surface area (Å²) in [5.74, 6) is -0.186. The van der Waals surface area contributed by atoms with Crippen molar-refractivity contribution >= 4 is 26.2 Å². The van der Waals surface area contributed by atoms with Gasteiger partial charge in [-0.05, 0) is 36.5 Å². The molecule has 38 heavy (non-hydrogen) atoms. The zero-order chi connectivity index (χ0) is 27.5. The molecule has 206 valence electrons. The van der Waals surface area contributed by atoms with Crippen LogP contribution in [0.1, 0.15) is 45.0 Å². The molecule has 1 aromatic heterocycles. The molecule has 0 radical (unpaired) electrons. The van der Waals surface area contributed by atoms with Gasteiger partial charge < -0.3 is 13.9 Å². The topological polar surface area (TPSA) is 118 Å². The van der Waals surface area contributed by atoms with Gasteiger partial charge in [-0.15, -0.1) is 0 Å². The molecule has 0 unspecified atom stereocenters. The number of amides is 4. The first-order chi connectivity index (χ1) is 18.0. The van der Waals surface area contributed by atoms with Crippen LogP contribution in [0.25, 0.3) is 0 Å². The fourth-order valence-electron chi connectivity index (χ4n) is 4.28. The van der Waals surface area contributed by atoms with Crippen molar-refractivity contribution in [3.8, 4) is 0 Å². The van der Waals surface area contributed by atoms with E-state index in [1.165, 1.54) is 9.96 Å². The van der Waals surface area contributed by atoms with Crippen LogP contribution in [-0.2, 0) is 38.6 Å². The molecule has 2 aliphatic rings. The number of hydroxylamine groups is 2. The van der Waals surface area contributed by atoms with Gasteiger partial charge in [0.05, 0.1) is 12.6 Å². The highest BCUT2D eigenvalue weighted by molar-refractivity contribution is 6.74. The van der Waals surface area contributed by atoms with Crippen molar-refractivity contribution in [2.45, 2.75) is 83.6 Å². The number of imidazole rings is 1. The van der Waals surface area contributed by atoms with E-state index in [0.717, 1.165) is 5.56 Å². The Hall–Kier alpha value is -3.22. The Kier molecular flexibility index (Phi) is 8.24. The molecule has 2 aromatic rings. The Balaban J connectivity index is 1.26. The molecule has 2 aliphatic heterocycles. The molecule has 0 aliphatic carbocycles. The number of fused-ring (bicyclic) bond motifs is 2. The summed E-state index contributed by atoms with van der Waals surface area (Å²) >= 11 is 0. The van der Waals surface area contributed by atoms with Gasteiger partial charge in [0.2, 0.25) is 0 Å². The average Bonchev–Trinajstić information content (AvgIpc) is 3.41. The maximum absolute atomic E-state index is 12.9. The lowest BCUT2D eigenvalue weighted by Crippen LogP contribution is -2.54. The molecule has 4 amide bonds. The van der Waals surface area contributed by atoms with Crippen LogP contribution in [-0.4, -0.2) is 64.3 Å². The van der Waals surface area contributed by atoms with Gasteiger partial charge in [-0.1, -0.05) is 51.1 Å². The Morgan fingerprint density at radius 3 is 2.55 bits per heavy atom. The number of nitrogens with one attached hydrogen (secondary N) is 2. The first-order valence-corrected chi connectivity index (χ1v) is 15.9. The van der Waals surface area contributed by atoms with E-state index < -0.39 is 26.2 Å². The number of hydrogen-bond donors (Lipinski definition) is 2. The van der Waals surface area contributed by atoms with E-state index in [4.69, 9.17) is 9.26 Å². The minimum Gasteiger partial charge on any atom is -0.409 e. The number of piperidine rings is 1. The van der Waals surface area contributed by atoms with E-state index in [2.05, 4.69) is 49.7 Å². The van der Waals surface area contributed by atoms with Crippen LogP contribution in [0.5, 0.6) is 0 Å². The number of hydrazine groups is 1. The summed E-state index contributed by atoms with van der Waals surface area (Å²) in [6.07, 6.45) is 4.45. The molecule has 2 bridgehead atoms. The Morgan fingerprint density at radius 1 is 1.11 bits per heavy atom. The predicted octanol–water partition coefficient (Wildman–Crippen LogP) is 2.95. The molecule has 3 heterocycles. The van der Waals surface area contributed by atoms with Gasteiger partial charge in [-0.25, -0.2) is 9.78 Å². The lowest BCUT2D eigenvalue weighted by Gasteiger charge is -2.36. The number of aromatic nitrogens is 2. The Bertz CT molecular complexity index is 1150. The molecule has 0 saturated carbocycles. The first kappa shape index (κ1) is 27.8. The van der Waals surface area contributed by atoms with Crippen LogP contribution in [0.4, 0.5) is 4.79 Å². The second kappa shape index (κ2) is 11.3. The third-order valence-electron chi connectivity index (χ3n) is 7.65. The molecule has 11 nitrogen and oxygen atoms in total. The van der Waals surface area contributed by atoms with Crippen molar-refractivity contribution in [3.63, 3.8) is 0 Å². The highest BCUT2D eigenvalue weighted by Crippen LogP contribution is 2.37. The summed E-state index contributed by atoms with van der Waals surface area (Å²) in [6, 6.07) is 8.50. The lowest BCUT2D eigenvalue weighted by molar-refractivity contribution is -0.140. The minimum atomic E-state index is -1.97. The lowest BCUT2D eigenvalue weighted by atomic mass is 10.0. The monoisotopic (exact) mass is 542 g/mol. The number of urea groups is 1. The maximum Gasteiger partial charge on any atom is 0.345 e. The number of rotatable bonds is 9. The Morgan fingerprint density at radius 2 is 1.84 bits per heavy atom. The molecule has 2 atom stereocenters. The summed E-state index contributed by atoms with van der Waals surface area (Å²) in [7, 11) is -1.97. The van der Waals surface area contributed by atoms with Crippen molar-refractivity contribution in [3.05, 3.63) is 54.1 Å². The van der Waals surface area contributed by atoms with Crippen LogP contribution >= 0.6 is 0 Å². The predicted molar refractivity (Wildman–Crippen MR) is 142 cm³/mol. The number of carbonyl (C=O) groups is 3. The first-order valence-electron chi connectivity index (χ1n) is 13.0. The SMILES string of the molecule is CC(C)(C)[Si](C)(C)OCc1nccn1CC(=O)NNC(=O)[C@@H]1CC[C@@H]2CN1C(=O)N2OCc1ccccc1. The number of nitrogens with zero attached hydrogens (tertiary/aromatic N) is 4. The summed E-state index contributed by atoms with van der Waals surface area (Å²) in [5.41, 5.74) is 5.92. The van der Waals surface area contributed by atoms with Crippen molar-refractivity contribution in [2.24, 2.45) is 0 Å². The van der Waals surface area contributed by atoms with Crippen molar-refractivity contribution < 1.29 is 23.6 Å². The zero-order valence-corrected chi connectivity index (χ0v) is 23.8. The fourth-order valence-corrected chi connectivity index (χ4v) is 5.21. The van der Waals surface area contributed by atoms with E-state index >= 15 is 0 Å². The smallest absolute Gasteiger partial charge is 0.345 e. The van der Waals surface area contributed by atoms with Crippen LogP contribution in [0, 0.1) is 0 Å². The quantitative estimate of drug-likeness (QED) is 0.372. The second-order valence-electron chi connectivity index (χ2n) is 11.3. The average molecular weight is 543 g/mol. The summed E-state index contributed by atoms with van der Waals surface area (Å²) in [4.78, 5) is 50.1. The maximum atomic E-state index is 12.9. The molecule has 1 aromatic carbocycles. The van der Waals surface area contributed by atoms with Gasteiger partial charge in [0.15, 0.2) is 8.32 Å². The fraction of sp³-hybridized carbons (Fsp3) is 0.538. The molecule has 12 heteroatoms. The van der Waals surface area contributed by atoms with Crippen molar-refractivity contribution in [2.75, 3.05) is 6.54 Å². The van der Waals surface area contributed by atoms with Crippen molar-refractivity contribution in [1.82, 2.24) is 30.4 Å². The van der Waals surface area contributed by atoms with Crippen LogP contribution in [0.3, 0.4) is 0 Å². The molecule has 0 spiro atoms. The number of benzene rings is 1. The van der Waals surface area contributed by atoms with Gasteiger partial charge >= 0.3 is 6.03 Å². The van der Waals surface area contributed by atoms with Crippen LogP contribution in [0.15, 0.2) is 42.7 Å². The van der Waals surface area contributed by atoms with Crippen LogP contribution in [0.2, 0.25) is 18.1 Å². The van der Waals surface area contributed by atoms with Gasteiger partial charge in [0.1, 0.15) is 25.0 Å². The summed E-state index contributed by atoms with van der Waals surface area (Å²) in [5, 5.41) is 1.44. The third kappa shape index (κ3) is 6.25. The molecule has 2 fully saturated rings. The summed E-state index contributed by atoms with van der Waals surface area (Å²) in [6.45, 7) is 11.8. The molecular formula is C26H38N6O5Si. The van der Waals surface area contributed by atoms with E-state index in [1.807, 2.05) is 30.3 Å². The number of carbonyl (C=O) groups excluding carboxylic acids is 3. The standard InChI is InChI=1S/C26H38N6O5Si/c1-26(2,3)38(4,5)37-18-22-27-13-14-30(22)16-23(33)28-29-24(34)21-12-11-20-15-31(21)25(35)32(20)36-17-19-9-7-6-8-10-19/h6-10,13-14,20-21H,11-12,15-18H2,1-5H3,(H,28,33)(H,29,34)/t20-,21+/m1/s1.